The lowest BCUT2D eigenvalue weighted by Crippen LogP contribution is -2.48. The van der Waals surface area contributed by atoms with Gasteiger partial charge in [0.1, 0.15) is 5.69 Å². The fourth-order valence-electron chi connectivity index (χ4n) is 2.32. The number of pyridine rings is 1. The molecule has 0 saturated heterocycles. The minimum atomic E-state index is -0.601. The van der Waals surface area contributed by atoms with Crippen LogP contribution in [-0.2, 0) is 0 Å². The number of nitro benzene ring substituents is 1. The van der Waals surface area contributed by atoms with E-state index in [0.29, 0.717) is 5.69 Å². The Morgan fingerprint density at radius 2 is 1.96 bits per heavy atom. The van der Waals surface area contributed by atoms with E-state index < -0.39 is 16.4 Å². The highest BCUT2D eigenvalue weighted by molar-refractivity contribution is 5.96. The molecule has 1 aromatic heterocycles. The summed E-state index contributed by atoms with van der Waals surface area (Å²) < 4.78 is 0. The van der Waals surface area contributed by atoms with Gasteiger partial charge in [-0.2, -0.15) is 0 Å². The molecule has 0 fully saturated rings. The number of nitro groups is 1. The molecule has 4 N–H and O–H groups in total. The molecule has 1 atom stereocenters. The molecule has 1 aromatic carbocycles. The third-order valence-corrected chi connectivity index (χ3v) is 3.92. The summed E-state index contributed by atoms with van der Waals surface area (Å²) in [5.41, 5.74) is 6.11. The van der Waals surface area contributed by atoms with Crippen LogP contribution in [0.5, 0.6) is 0 Å². The van der Waals surface area contributed by atoms with Gasteiger partial charge in [-0.3, -0.25) is 19.9 Å². The first-order valence-corrected chi connectivity index (χ1v) is 8.22. The summed E-state index contributed by atoms with van der Waals surface area (Å²) in [7, 11) is 0. The first kappa shape index (κ1) is 25.6. The van der Waals surface area contributed by atoms with Crippen molar-refractivity contribution in [2.75, 3.05) is 11.9 Å². The molecule has 2 rings (SSSR count). The topological polar surface area (TPSA) is 123 Å². The van der Waals surface area contributed by atoms with Crippen LogP contribution >= 0.6 is 24.8 Å². The number of nitrogens with two attached hydrogens (primary N) is 1. The highest BCUT2D eigenvalue weighted by Crippen LogP contribution is 2.29. The number of halogens is 2. The SMILES string of the molecule is CC(Nc1ccc(C(=O)NC(C)(C)CN)cc1[N+](=O)[O-])c1ccccn1.Cl.Cl. The quantitative estimate of drug-likeness (QED) is 0.457. The van der Waals surface area contributed by atoms with Crippen LogP contribution in [0.1, 0.15) is 42.9 Å². The minimum Gasteiger partial charge on any atom is -0.371 e. The Hall–Kier alpha value is -2.42. The average Bonchev–Trinajstić information content (AvgIpc) is 2.62. The Morgan fingerprint density at radius 1 is 1.29 bits per heavy atom. The summed E-state index contributed by atoms with van der Waals surface area (Å²) in [6.45, 7) is 5.67. The lowest BCUT2D eigenvalue weighted by molar-refractivity contribution is -0.384. The number of carbonyl (C=O) groups excluding carboxylic acids is 1. The molecular weight excluding hydrogens is 405 g/mol. The monoisotopic (exact) mass is 429 g/mol. The molecule has 0 spiro atoms. The second-order valence-corrected chi connectivity index (χ2v) is 6.65. The highest BCUT2D eigenvalue weighted by Gasteiger charge is 2.23. The van der Waals surface area contributed by atoms with Crippen molar-refractivity contribution in [3.05, 3.63) is 64.0 Å². The lowest BCUT2D eigenvalue weighted by atomic mass is 10.0. The zero-order chi connectivity index (χ0) is 19.3. The fraction of sp³-hybridized carbons (Fsp3) is 0.333. The summed E-state index contributed by atoms with van der Waals surface area (Å²) in [5, 5.41) is 17.3. The molecule has 0 aliphatic carbocycles. The van der Waals surface area contributed by atoms with Gasteiger partial charge < -0.3 is 16.4 Å². The first-order chi connectivity index (χ1) is 12.2. The zero-order valence-corrected chi connectivity index (χ0v) is 17.5. The Balaban J connectivity index is 0.00000364. The molecule has 0 aliphatic heterocycles. The largest absolute Gasteiger partial charge is 0.371 e. The van der Waals surface area contributed by atoms with Crippen LogP contribution in [-0.4, -0.2) is 27.9 Å². The van der Waals surface area contributed by atoms with Crippen molar-refractivity contribution in [1.29, 1.82) is 0 Å². The molecule has 0 saturated carbocycles. The fourth-order valence-corrected chi connectivity index (χ4v) is 2.32. The number of carbonyl (C=O) groups is 1. The van der Waals surface area contributed by atoms with Crippen LogP contribution in [0, 0.1) is 10.1 Å². The molecule has 0 bridgehead atoms. The Morgan fingerprint density at radius 3 is 2.50 bits per heavy atom. The number of hydrogen-bond acceptors (Lipinski definition) is 6. The van der Waals surface area contributed by atoms with Gasteiger partial charge in [0, 0.05) is 29.9 Å². The van der Waals surface area contributed by atoms with Gasteiger partial charge in [0.15, 0.2) is 0 Å². The second-order valence-electron chi connectivity index (χ2n) is 6.65. The Bertz CT molecular complexity index is 803. The molecular formula is C18H25Cl2N5O3. The molecule has 1 heterocycles. The van der Waals surface area contributed by atoms with Crippen molar-refractivity contribution >= 4 is 42.1 Å². The normalized spacial score (nSPS) is 11.4. The van der Waals surface area contributed by atoms with E-state index in [4.69, 9.17) is 5.73 Å². The van der Waals surface area contributed by atoms with Crippen molar-refractivity contribution in [2.45, 2.75) is 32.4 Å². The standard InChI is InChI=1S/C18H23N5O3.2ClH/c1-12(14-6-4-5-9-20-14)21-15-8-7-13(10-16(15)23(25)26)17(24)22-18(2,3)11-19;;/h4-10,12,21H,11,19H2,1-3H3,(H,22,24);2*1H. The van der Waals surface area contributed by atoms with Crippen molar-refractivity contribution in [2.24, 2.45) is 5.73 Å². The molecule has 2 aromatic rings. The van der Waals surface area contributed by atoms with E-state index in [1.807, 2.05) is 19.1 Å². The van der Waals surface area contributed by atoms with Crippen LogP contribution in [0.25, 0.3) is 0 Å². The number of aromatic nitrogens is 1. The Labute approximate surface area is 176 Å². The molecule has 154 valence electrons. The van der Waals surface area contributed by atoms with Gasteiger partial charge in [-0.05, 0) is 45.0 Å². The van der Waals surface area contributed by atoms with E-state index in [2.05, 4.69) is 15.6 Å². The van der Waals surface area contributed by atoms with Crippen molar-refractivity contribution in [1.82, 2.24) is 10.3 Å². The van der Waals surface area contributed by atoms with E-state index in [9.17, 15) is 14.9 Å². The van der Waals surface area contributed by atoms with Crippen LogP contribution in [0.4, 0.5) is 11.4 Å². The number of benzene rings is 1. The predicted molar refractivity (Wildman–Crippen MR) is 114 cm³/mol. The van der Waals surface area contributed by atoms with E-state index in [1.54, 1.807) is 32.2 Å². The average molecular weight is 430 g/mol. The third-order valence-electron chi connectivity index (χ3n) is 3.92. The number of amides is 1. The van der Waals surface area contributed by atoms with Crippen LogP contribution in [0.2, 0.25) is 0 Å². The van der Waals surface area contributed by atoms with Gasteiger partial charge in [0.05, 0.1) is 16.7 Å². The van der Waals surface area contributed by atoms with Crippen LogP contribution in [0.3, 0.4) is 0 Å². The zero-order valence-electron chi connectivity index (χ0n) is 15.8. The molecule has 0 aliphatic rings. The third kappa shape index (κ3) is 6.63. The molecule has 10 heteroatoms. The maximum Gasteiger partial charge on any atom is 0.293 e. The summed E-state index contributed by atoms with van der Waals surface area (Å²) >= 11 is 0. The number of anilines is 1. The summed E-state index contributed by atoms with van der Waals surface area (Å²) in [4.78, 5) is 27.5. The summed E-state index contributed by atoms with van der Waals surface area (Å²) in [5.74, 6) is -0.409. The highest BCUT2D eigenvalue weighted by atomic mass is 35.5. The van der Waals surface area contributed by atoms with Gasteiger partial charge in [0.2, 0.25) is 0 Å². The summed E-state index contributed by atoms with van der Waals surface area (Å²) in [6.07, 6.45) is 1.66. The first-order valence-electron chi connectivity index (χ1n) is 8.22. The van der Waals surface area contributed by atoms with E-state index >= 15 is 0 Å². The molecule has 28 heavy (non-hydrogen) atoms. The molecule has 8 nitrogen and oxygen atoms in total. The molecule has 1 amide bonds. The second kappa shape index (κ2) is 10.8. The number of hydrogen-bond donors (Lipinski definition) is 3. The number of nitrogens with one attached hydrogen (secondary N) is 2. The van der Waals surface area contributed by atoms with Crippen LogP contribution in [0.15, 0.2) is 42.6 Å². The van der Waals surface area contributed by atoms with Gasteiger partial charge in [-0.1, -0.05) is 6.07 Å². The van der Waals surface area contributed by atoms with E-state index in [1.165, 1.54) is 12.1 Å². The van der Waals surface area contributed by atoms with Crippen LogP contribution < -0.4 is 16.4 Å². The summed E-state index contributed by atoms with van der Waals surface area (Å²) in [6, 6.07) is 9.59. The maximum atomic E-state index is 12.3. The van der Waals surface area contributed by atoms with E-state index in [-0.39, 0.29) is 48.7 Å². The maximum absolute atomic E-state index is 12.3. The van der Waals surface area contributed by atoms with Crippen molar-refractivity contribution in [3.8, 4) is 0 Å². The minimum absolute atomic E-state index is 0. The lowest BCUT2D eigenvalue weighted by Gasteiger charge is -2.24. The smallest absolute Gasteiger partial charge is 0.293 e. The van der Waals surface area contributed by atoms with Gasteiger partial charge in [-0.15, -0.1) is 24.8 Å². The number of rotatable bonds is 7. The van der Waals surface area contributed by atoms with Crippen molar-refractivity contribution in [3.63, 3.8) is 0 Å². The van der Waals surface area contributed by atoms with Gasteiger partial charge in [0.25, 0.3) is 11.6 Å². The molecule has 0 radical (unpaired) electrons. The number of nitrogens with zero attached hydrogens (tertiary/aromatic N) is 2. The van der Waals surface area contributed by atoms with Gasteiger partial charge in [-0.25, -0.2) is 0 Å². The van der Waals surface area contributed by atoms with Crippen molar-refractivity contribution < 1.29 is 9.72 Å². The van der Waals surface area contributed by atoms with E-state index in [0.717, 1.165) is 5.69 Å². The molecule has 1 unspecified atom stereocenters. The van der Waals surface area contributed by atoms with Gasteiger partial charge >= 0.3 is 0 Å². The predicted octanol–water partition coefficient (Wildman–Crippen LogP) is 3.47. The Kier molecular flexibility index (Phi) is 9.86.